The highest BCUT2D eigenvalue weighted by atomic mass is 19.1. The zero-order valence-corrected chi connectivity index (χ0v) is 12.2. The van der Waals surface area contributed by atoms with Crippen molar-refractivity contribution >= 4 is 5.97 Å². The quantitative estimate of drug-likeness (QED) is 0.770. The van der Waals surface area contributed by atoms with Crippen molar-refractivity contribution in [2.24, 2.45) is 0 Å². The Balaban J connectivity index is 2.55. The third-order valence-corrected chi connectivity index (χ3v) is 3.25. The maximum absolute atomic E-state index is 13.3. The van der Waals surface area contributed by atoms with Crippen LogP contribution in [0.5, 0.6) is 5.75 Å². The summed E-state index contributed by atoms with van der Waals surface area (Å²) in [5.41, 5.74) is -0.475. The number of carboxylic acid groups (broad SMARTS) is 1. The molecule has 4 nitrogen and oxygen atoms in total. The summed E-state index contributed by atoms with van der Waals surface area (Å²) in [6, 6.07) is 4.62. The largest absolute Gasteiger partial charge is 0.493 e. The number of hydrogen-bond donors (Lipinski definition) is 2. The summed E-state index contributed by atoms with van der Waals surface area (Å²) in [5, 5.41) is 12.3. The minimum atomic E-state index is -1.03. The molecule has 0 heterocycles. The number of halogens is 1. The molecule has 0 saturated heterocycles. The standard InChI is InChI=1S/C15H22FNO3/c1-4-8-17-15(3,14(18)19)7-9-20-12-6-5-11(2)13(16)10-12/h5-6,10,17H,4,7-9H2,1-3H3,(H,18,19). The van der Waals surface area contributed by atoms with E-state index in [0.717, 1.165) is 6.42 Å². The van der Waals surface area contributed by atoms with Crippen molar-refractivity contribution in [1.82, 2.24) is 5.32 Å². The van der Waals surface area contributed by atoms with Crippen LogP contribution >= 0.6 is 0 Å². The molecule has 1 aromatic rings. The number of carbonyl (C=O) groups is 1. The molecule has 0 spiro atoms. The Kier molecular flexibility index (Phi) is 5.95. The predicted octanol–water partition coefficient (Wildman–Crippen LogP) is 2.75. The summed E-state index contributed by atoms with van der Waals surface area (Å²) in [4.78, 5) is 11.3. The van der Waals surface area contributed by atoms with Gasteiger partial charge in [0, 0.05) is 12.5 Å². The molecule has 0 amide bonds. The first kappa shape index (κ1) is 16.4. The average molecular weight is 283 g/mol. The van der Waals surface area contributed by atoms with Gasteiger partial charge in [0.25, 0.3) is 0 Å². The van der Waals surface area contributed by atoms with E-state index in [0.29, 0.717) is 24.3 Å². The fraction of sp³-hybridized carbons (Fsp3) is 0.533. The summed E-state index contributed by atoms with van der Waals surface area (Å²) in [5.74, 6) is -0.825. The Morgan fingerprint density at radius 1 is 1.50 bits per heavy atom. The second-order valence-electron chi connectivity index (χ2n) is 5.07. The van der Waals surface area contributed by atoms with Crippen molar-refractivity contribution in [2.45, 2.75) is 39.2 Å². The van der Waals surface area contributed by atoms with Gasteiger partial charge in [-0.2, -0.15) is 0 Å². The first-order chi connectivity index (χ1) is 9.39. The van der Waals surface area contributed by atoms with Gasteiger partial charge in [0.1, 0.15) is 17.1 Å². The molecule has 0 saturated carbocycles. The predicted molar refractivity (Wildman–Crippen MR) is 75.6 cm³/mol. The van der Waals surface area contributed by atoms with Crippen LogP contribution in [0.4, 0.5) is 4.39 Å². The Bertz CT molecular complexity index is 464. The molecule has 0 aliphatic heterocycles. The van der Waals surface area contributed by atoms with Gasteiger partial charge in [-0.1, -0.05) is 13.0 Å². The van der Waals surface area contributed by atoms with Crippen LogP contribution in [-0.4, -0.2) is 29.8 Å². The molecule has 0 bridgehead atoms. The number of hydrogen-bond acceptors (Lipinski definition) is 3. The van der Waals surface area contributed by atoms with Crippen molar-refractivity contribution in [1.29, 1.82) is 0 Å². The highest BCUT2D eigenvalue weighted by Gasteiger charge is 2.31. The molecule has 112 valence electrons. The van der Waals surface area contributed by atoms with Crippen molar-refractivity contribution in [3.63, 3.8) is 0 Å². The zero-order chi connectivity index (χ0) is 15.2. The van der Waals surface area contributed by atoms with Gasteiger partial charge < -0.3 is 15.2 Å². The summed E-state index contributed by atoms with van der Waals surface area (Å²) in [7, 11) is 0. The third kappa shape index (κ3) is 4.49. The fourth-order valence-corrected chi connectivity index (χ4v) is 1.71. The van der Waals surface area contributed by atoms with Gasteiger partial charge in [-0.05, 0) is 38.4 Å². The highest BCUT2D eigenvalue weighted by Crippen LogP contribution is 2.17. The topological polar surface area (TPSA) is 58.6 Å². The maximum Gasteiger partial charge on any atom is 0.323 e. The molecule has 1 aromatic carbocycles. The molecule has 0 aliphatic carbocycles. The van der Waals surface area contributed by atoms with Gasteiger partial charge >= 0.3 is 5.97 Å². The normalized spacial score (nSPS) is 13.8. The van der Waals surface area contributed by atoms with Crippen molar-refractivity contribution in [3.05, 3.63) is 29.6 Å². The first-order valence-corrected chi connectivity index (χ1v) is 6.76. The molecular formula is C15H22FNO3. The summed E-state index contributed by atoms with van der Waals surface area (Å²) in [6.45, 7) is 6.12. The van der Waals surface area contributed by atoms with Crippen molar-refractivity contribution in [3.8, 4) is 5.75 Å². The lowest BCUT2D eigenvalue weighted by Gasteiger charge is -2.26. The van der Waals surface area contributed by atoms with Crippen LogP contribution in [0.3, 0.4) is 0 Å². The van der Waals surface area contributed by atoms with Crippen LogP contribution in [0.1, 0.15) is 32.3 Å². The van der Waals surface area contributed by atoms with Crippen LogP contribution in [0.25, 0.3) is 0 Å². The molecule has 2 N–H and O–H groups in total. The number of benzene rings is 1. The molecule has 0 aliphatic rings. The second kappa shape index (κ2) is 7.24. The van der Waals surface area contributed by atoms with E-state index in [1.54, 1.807) is 26.0 Å². The number of ether oxygens (including phenoxy) is 1. The lowest BCUT2D eigenvalue weighted by molar-refractivity contribution is -0.144. The minimum absolute atomic E-state index is 0.210. The van der Waals surface area contributed by atoms with Gasteiger partial charge in [0.05, 0.1) is 6.61 Å². The second-order valence-corrected chi connectivity index (χ2v) is 5.07. The van der Waals surface area contributed by atoms with E-state index >= 15 is 0 Å². The van der Waals surface area contributed by atoms with Gasteiger partial charge in [-0.25, -0.2) is 4.39 Å². The molecule has 0 aromatic heterocycles. The van der Waals surface area contributed by atoms with Crippen molar-refractivity contribution in [2.75, 3.05) is 13.2 Å². The molecule has 5 heteroatoms. The van der Waals surface area contributed by atoms with Crippen LogP contribution in [0, 0.1) is 12.7 Å². The van der Waals surface area contributed by atoms with Crippen molar-refractivity contribution < 1.29 is 19.0 Å². The number of aryl methyl sites for hydroxylation is 1. The average Bonchev–Trinajstić information content (AvgIpc) is 2.40. The van der Waals surface area contributed by atoms with Gasteiger partial charge in [-0.3, -0.25) is 4.79 Å². The number of carboxylic acids is 1. The Labute approximate surface area is 119 Å². The molecule has 1 rings (SSSR count). The van der Waals surface area contributed by atoms with Crippen LogP contribution in [0.15, 0.2) is 18.2 Å². The van der Waals surface area contributed by atoms with E-state index in [-0.39, 0.29) is 12.4 Å². The molecule has 0 fully saturated rings. The van der Waals surface area contributed by atoms with Crippen LogP contribution < -0.4 is 10.1 Å². The van der Waals surface area contributed by atoms with E-state index < -0.39 is 11.5 Å². The molecular weight excluding hydrogens is 261 g/mol. The maximum atomic E-state index is 13.3. The summed E-state index contributed by atoms with van der Waals surface area (Å²) >= 11 is 0. The summed E-state index contributed by atoms with van der Waals surface area (Å²) in [6.07, 6.45) is 1.16. The lowest BCUT2D eigenvalue weighted by atomic mass is 9.98. The molecule has 1 atom stereocenters. The Hall–Kier alpha value is -1.62. The van der Waals surface area contributed by atoms with Gasteiger partial charge in [0.15, 0.2) is 0 Å². The van der Waals surface area contributed by atoms with Crippen LogP contribution in [-0.2, 0) is 4.79 Å². The van der Waals surface area contributed by atoms with E-state index in [1.807, 2.05) is 6.92 Å². The third-order valence-electron chi connectivity index (χ3n) is 3.25. The monoisotopic (exact) mass is 283 g/mol. The summed E-state index contributed by atoms with van der Waals surface area (Å²) < 4.78 is 18.8. The van der Waals surface area contributed by atoms with Gasteiger partial charge in [-0.15, -0.1) is 0 Å². The van der Waals surface area contributed by atoms with E-state index in [2.05, 4.69) is 5.32 Å². The Morgan fingerprint density at radius 3 is 2.75 bits per heavy atom. The minimum Gasteiger partial charge on any atom is -0.493 e. The molecule has 20 heavy (non-hydrogen) atoms. The SMILES string of the molecule is CCCNC(C)(CCOc1ccc(C)c(F)c1)C(=O)O. The smallest absolute Gasteiger partial charge is 0.323 e. The number of nitrogens with one attached hydrogen (secondary N) is 1. The molecule has 0 radical (unpaired) electrons. The Morgan fingerprint density at radius 2 is 2.20 bits per heavy atom. The zero-order valence-electron chi connectivity index (χ0n) is 12.2. The molecule has 1 unspecified atom stereocenters. The van der Waals surface area contributed by atoms with Crippen LogP contribution in [0.2, 0.25) is 0 Å². The first-order valence-electron chi connectivity index (χ1n) is 6.76. The lowest BCUT2D eigenvalue weighted by Crippen LogP contribution is -2.50. The van der Waals surface area contributed by atoms with E-state index in [4.69, 9.17) is 4.74 Å². The fourth-order valence-electron chi connectivity index (χ4n) is 1.71. The number of rotatable bonds is 8. The van der Waals surface area contributed by atoms with E-state index in [9.17, 15) is 14.3 Å². The van der Waals surface area contributed by atoms with E-state index in [1.165, 1.54) is 6.07 Å². The number of aliphatic carboxylic acids is 1. The van der Waals surface area contributed by atoms with Gasteiger partial charge in [0.2, 0.25) is 0 Å². The highest BCUT2D eigenvalue weighted by molar-refractivity contribution is 5.78.